The molecule has 0 atom stereocenters. The monoisotopic (exact) mass is 184 g/mol. The van der Waals surface area contributed by atoms with Crippen LogP contribution in [-0.2, 0) is 0 Å². The van der Waals surface area contributed by atoms with Crippen molar-refractivity contribution in [3.8, 4) is 6.07 Å². The van der Waals surface area contributed by atoms with Crippen molar-refractivity contribution in [3.05, 3.63) is 33.2 Å². The molecular weight excluding hydrogens is 178 g/mol. The Balaban J connectivity index is 3.50. The summed E-state index contributed by atoms with van der Waals surface area (Å²) < 4.78 is 24.6. The predicted molar refractivity (Wildman–Crippen MR) is 41.5 cm³/mol. The molecule has 5 heteroatoms. The van der Waals surface area contributed by atoms with Crippen LogP contribution in [0.15, 0.2) is 11.0 Å². The zero-order valence-electron chi connectivity index (χ0n) is 6.77. The van der Waals surface area contributed by atoms with Gasteiger partial charge in [-0.15, -0.1) is 0 Å². The number of hydrogen-bond acceptors (Lipinski definition) is 2. The van der Waals surface area contributed by atoms with E-state index in [1.54, 1.807) is 6.07 Å². The van der Waals surface area contributed by atoms with E-state index in [0.717, 1.165) is 6.20 Å². The van der Waals surface area contributed by atoms with Crippen LogP contribution in [-0.4, -0.2) is 4.98 Å². The number of nitriles is 1. The van der Waals surface area contributed by atoms with Crippen molar-refractivity contribution >= 4 is 0 Å². The minimum atomic E-state index is -2.85. The van der Waals surface area contributed by atoms with E-state index >= 15 is 0 Å². The fourth-order valence-electron chi connectivity index (χ4n) is 1.02. The number of nitrogens with zero attached hydrogens (tertiary/aromatic N) is 1. The average molecular weight is 184 g/mol. The lowest BCUT2D eigenvalue weighted by atomic mass is 10.1. The highest BCUT2D eigenvalue weighted by Gasteiger charge is 2.17. The summed E-state index contributed by atoms with van der Waals surface area (Å²) in [5.41, 5.74) is -1.36. The van der Waals surface area contributed by atoms with E-state index in [4.69, 9.17) is 5.26 Å². The number of nitrogens with one attached hydrogen (secondary N) is 1. The number of halogens is 2. The van der Waals surface area contributed by atoms with Crippen LogP contribution in [0.4, 0.5) is 8.78 Å². The highest BCUT2D eigenvalue weighted by molar-refractivity contribution is 5.39. The molecule has 1 aromatic heterocycles. The number of pyridine rings is 1. The van der Waals surface area contributed by atoms with Gasteiger partial charge in [-0.25, -0.2) is 8.78 Å². The molecule has 0 bridgehead atoms. The van der Waals surface area contributed by atoms with Crippen molar-refractivity contribution in [1.82, 2.24) is 4.98 Å². The summed E-state index contributed by atoms with van der Waals surface area (Å²) >= 11 is 0. The molecule has 13 heavy (non-hydrogen) atoms. The maximum atomic E-state index is 12.3. The fourth-order valence-corrected chi connectivity index (χ4v) is 1.02. The maximum absolute atomic E-state index is 12.3. The molecule has 0 fully saturated rings. The highest BCUT2D eigenvalue weighted by Crippen LogP contribution is 2.19. The molecular formula is C8H6F2N2O. The van der Waals surface area contributed by atoms with Crippen molar-refractivity contribution in [3.63, 3.8) is 0 Å². The first-order chi connectivity index (χ1) is 6.07. The van der Waals surface area contributed by atoms with Crippen molar-refractivity contribution in [1.29, 1.82) is 5.26 Å². The predicted octanol–water partition coefficient (Wildman–Crippen LogP) is 1.49. The van der Waals surface area contributed by atoms with Crippen LogP contribution in [0.5, 0.6) is 0 Å². The molecule has 0 aliphatic carbocycles. The van der Waals surface area contributed by atoms with E-state index in [1.165, 1.54) is 6.92 Å². The first-order valence-electron chi connectivity index (χ1n) is 3.48. The molecule has 0 unspecified atom stereocenters. The van der Waals surface area contributed by atoms with Gasteiger partial charge in [-0.3, -0.25) is 4.79 Å². The SMILES string of the molecule is Cc1c(C#N)c[nH]c(=O)c1C(F)F. The van der Waals surface area contributed by atoms with Gasteiger partial charge < -0.3 is 4.98 Å². The van der Waals surface area contributed by atoms with Crippen molar-refractivity contribution in [2.75, 3.05) is 0 Å². The lowest BCUT2D eigenvalue weighted by molar-refractivity contribution is 0.149. The van der Waals surface area contributed by atoms with E-state index in [9.17, 15) is 13.6 Å². The molecule has 1 N–H and O–H groups in total. The van der Waals surface area contributed by atoms with Crippen LogP contribution < -0.4 is 5.56 Å². The van der Waals surface area contributed by atoms with Crippen LogP contribution >= 0.6 is 0 Å². The number of aromatic nitrogens is 1. The number of rotatable bonds is 1. The number of H-pyrrole nitrogens is 1. The summed E-state index contributed by atoms with van der Waals surface area (Å²) in [4.78, 5) is 13.0. The van der Waals surface area contributed by atoms with Gasteiger partial charge in [0.2, 0.25) is 0 Å². The van der Waals surface area contributed by atoms with Gasteiger partial charge in [0.1, 0.15) is 6.07 Å². The second kappa shape index (κ2) is 3.35. The normalized spacial score (nSPS) is 10.1. The lowest BCUT2D eigenvalue weighted by Gasteiger charge is -2.03. The molecule has 3 nitrogen and oxygen atoms in total. The van der Waals surface area contributed by atoms with Gasteiger partial charge >= 0.3 is 0 Å². The molecule has 0 aliphatic heterocycles. The van der Waals surface area contributed by atoms with Crippen LogP contribution in [0.3, 0.4) is 0 Å². The molecule has 1 heterocycles. The summed E-state index contributed by atoms with van der Waals surface area (Å²) in [6.07, 6.45) is -1.72. The lowest BCUT2D eigenvalue weighted by Crippen LogP contribution is -2.15. The molecule has 0 saturated heterocycles. The molecule has 0 saturated carbocycles. The van der Waals surface area contributed by atoms with E-state index < -0.39 is 17.5 Å². The Morgan fingerprint density at radius 2 is 2.23 bits per heavy atom. The Morgan fingerprint density at radius 1 is 1.62 bits per heavy atom. The van der Waals surface area contributed by atoms with Crippen LogP contribution in [0.2, 0.25) is 0 Å². The molecule has 0 amide bonds. The van der Waals surface area contributed by atoms with Gasteiger partial charge in [0, 0.05) is 6.20 Å². The fraction of sp³-hybridized carbons (Fsp3) is 0.250. The summed E-state index contributed by atoms with van der Waals surface area (Å²) in [5, 5.41) is 8.50. The van der Waals surface area contributed by atoms with Gasteiger partial charge in [0.15, 0.2) is 0 Å². The second-order valence-corrected chi connectivity index (χ2v) is 2.48. The minimum absolute atomic E-state index is 0.0428. The van der Waals surface area contributed by atoms with Gasteiger partial charge in [-0.1, -0.05) is 0 Å². The smallest absolute Gasteiger partial charge is 0.269 e. The van der Waals surface area contributed by atoms with Crippen LogP contribution in [0.1, 0.15) is 23.1 Å². The third kappa shape index (κ3) is 1.56. The number of alkyl halides is 2. The van der Waals surface area contributed by atoms with Gasteiger partial charge in [0.05, 0.1) is 11.1 Å². The molecule has 68 valence electrons. The quantitative estimate of drug-likeness (QED) is 0.718. The van der Waals surface area contributed by atoms with Gasteiger partial charge in [-0.2, -0.15) is 5.26 Å². The molecule has 0 radical (unpaired) electrons. The standard InChI is InChI=1S/C8H6F2N2O/c1-4-5(2-11)3-12-8(13)6(4)7(9)10/h3,7H,1H3,(H,12,13). The average Bonchev–Trinajstić information content (AvgIpc) is 2.04. The largest absolute Gasteiger partial charge is 0.327 e. The first-order valence-corrected chi connectivity index (χ1v) is 3.48. The van der Waals surface area contributed by atoms with E-state index in [-0.39, 0.29) is 11.1 Å². The van der Waals surface area contributed by atoms with Crippen LogP contribution in [0, 0.1) is 18.3 Å². The van der Waals surface area contributed by atoms with Crippen LogP contribution in [0.25, 0.3) is 0 Å². The van der Waals surface area contributed by atoms with Gasteiger partial charge in [-0.05, 0) is 12.5 Å². The molecule has 0 spiro atoms. The van der Waals surface area contributed by atoms with E-state index in [0.29, 0.717) is 0 Å². The van der Waals surface area contributed by atoms with Gasteiger partial charge in [0.25, 0.3) is 12.0 Å². The molecule has 1 aromatic rings. The topological polar surface area (TPSA) is 56.6 Å². The summed E-state index contributed by atoms with van der Waals surface area (Å²) in [6, 6.07) is 1.71. The Morgan fingerprint density at radius 3 is 2.69 bits per heavy atom. The number of hydrogen-bond donors (Lipinski definition) is 1. The zero-order chi connectivity index (χ0) is 10.0. The molecule has 0 aliphatic rings. The summed E-state index contributed by atoms with van der Waals surface area (Å²) in [7, 11) is 0. The zero-order valence-corrected chi connectivity index (χ0v) is 6.77. The Labute approximate surface area is 72.6 Å². The van der Waals surface area contributed by atoms with E-state index in [2.05, 4.69) is 4.98 Å². The Kier molecular flexibility index (Phi) is 2.42. The highest BCUT2D eigenvalue weighted by atomic mass is 19.3. The second-order valence-electron chi connectivity index (χ2n) is 2.48. The summed E-state index contributed by atoms with van der Waals surface area (Å²) in [5.74, 6) is 0. The van der Waals surface area contributed by atoms with Crippen molar-refractivity contribution < 1.29 is 8.78 Å². The molecule has 1 rings (SSSR count). The Hall–Kier alpha value is -1.70. The first kappa shape index (κ1) is 9.39. The van der Waals surface area contributed by atoms with Crippen molar-refractivity contribution in [2.45, 2.75) is 13.3 Å². The maximum Gasteiger partial charge on any atom is 0.269 e. The minimum Gasteiger partial charge on any atom is -0.327 e. The third-order valence-electron chi connectivity index (χ3n) is 1.74. The van der Waals surface area contributed by atoms with Crippen molar-refractivity contribution in [2.24, 2.45) is 0 Å². The number of aromatic amines is 1. The Bertz CT molecular complexity index is 417. The third-order valence-corrected chi connectivity index (χ3v) is 1.74. The summed E-state index contributed by atoms with van der Waals surface area (Å²) in [6.45, 7) is 1.33. The molecule has 0 aromatic carbocycles. The van der Waals surface area contributed by atoms with E-state index in [1.807, 2.05) is 0 Å².